The molecule has 0 saturated carbocycles. The Labute approximate surface area is 178 Å². The second-order valence-electron chi connectivity index (χ2n) is 6.90. The number of hydrogen-bond acceptors (Lipinski definition) is 4. The summed E-state index contributed by atoms with van der Waals surface area (Å²) in [4.78, 5) is 12.4. The summed E-state index contributed by atoms with van der Waals surface area (Å²) in [6.07, 6.45) is 0.916. The number of para-hydroxylation sites is 2. The maximum Gasteiger partial charge on any atom is 0.243 e. The van der Waals surface area contributed by atoms with Gasteiger partial charge in [-0.1, -0.05) is 49.4 Å². The van der Waals surface area contributed by atoms with Gasteiger partial charge in [-0.3, -0.25) is 4.79 Å². The molecule has 0 unspecified atom stereocenters. The van der Waals surface area contributed by atoms with Crippen molar-refractivity contribution in [2.24, 2.45) is 0 Å². The minimum Gasteiger partial charge on any atom is -0.490 e. The summed E-state index contributed by atoms with van der Waals surface area (Å²) >= 11 is 0. The van der Waals surface area contributed by atoms with E-state index in [1.54, 1.807) is 0 Å². The molecule has 156 valence electrons. The zero-order chi connectivity index (χ0) is 21.2. The smallest absolute Gasteiger partial charge is 0.243 e. The van der Waals surface area contributed by atoms with Crippen LogP contribution in [0.25, 0.3) is 0 Å². The standard InChI is InChI=1S/C25H28N2O3/c1-3-20-10-7-9-19(2)25(20)26-18-24(28)27-21-11-8-14-23(17-21)30-16-15-29-22-12-5-4-6-13-22/h4-14,17,26H,3,15-16,18H2,1-2H3,(H,27,28). The van der Waals surface area contributed by atoms with Crippen molar-refractivity contribution in [1.82, 2.24) is 0 Å². The van der Waals surface area contributed by atoms with Gasteiger partial charge in [-0.15, -0.1) is 0 Å². The molecule has 5 heteroatoms. The van der Waals surface area contributed by atoms with Gasteiger partial charge >= 0.3 is 0 Å². The van der Waals surface area contributed by atoms with E-state index in [1.807, 2.05) is 73.7 Å². The van der Waals surface area contributed by atoms with E-state index >= 15 is 0 Å². The highest BCUT2D eigenvalue weighted by Crippen LogP contribution is 2.21. The number of benzene rings is 3. The highest BCUT2D eigenvalue weighted by Gasteiger charge is 2.07. The molecular weight excluding hydrogens is 376 g/mol. The van der Waals surface area contributed by atoms with Gasteiger partial charge in [0.2, 0.25) is 5.91 Å². The third kappa shape index (κ3) is 6.27. The average Bonchev–Trinajstić information content (AvgIpc) is 2.76. The Morgan fingerprint density at radius 1 is 0.867 bits per heavy atom. The average molecular weight is 405 g/mol. The largest absolute Gasteiger partial charge is 0.490 e. The fourth-order valence-corrected chi connectivity index (χ4v) is 3.15. The third-order valence-electron chi connectivity index (χ3n) is 4.65. The summed E-state index contributed by atoms with van der Waals surface area (Å²) in [6.45, 7) is 5.22. The van der Waals surface area contributed by atoms with Crippen LogP contribution in [0, 0.1) is 6.92 Å². The molecule has 30 heavy (non-hydrogen) atoms. The van der Waals surface area contributed by atoms with Crippen LogP contribution in [0.15, 0.2) is 72.8 Å². The first-order valence-electron chi connectivity index (χ1n) is 10.2. The summed E-state index contributed by atoms with van der Waals surface area (Å²) in [5.74, 6) is 1.39. The van der Waals surface area contributed by atoms with Gasteiger partial charge < -0.3 is 20.1 Å². The number of carbonyl (C=O) groups excluding carboxylic acids is 1. The first-order valence-corrected chi connectivity index (χ1v) is 10.2. The first kappa shape index (κ1) is 21.2. The summed E-state index contributed by atoms with van der Waals surface area (Å²) in [7, 11) is 0. The lowest BCUT2D eigenvalue weighted by Crippen LogP contribution is -2.22. The number of ether oxygens (including phenoxy) is 2. The maximum atomic E-state index is 12.4. The zero-order valence-electron chi connectivity index (χ0n) is 17.5. The molecule has 0 aromatic heterocycles. The highest BCUT2D eigenvalue weighted by molar-refractivity contribution is 5.94. The van der Waals surface area contributed by atoms with E-state index in [2.05, 4.69) is 23.6 Å². The van der Waals surface area contributed by atoms with Crippen LogP contribution in [0.1, 0.15) is 18.1 Å². The van der Waals surface area contributed by atoms with Crippen molar-refractivity contribution in [3.8, 4) is 11.5 Å². The minimum absolute atomic E-state index is 0.107. The predicted octanol–water partition coefficient (Wildman–Crippen LogP) is 5.07. The second-order valence-corrected chi connectivity index (χ2v) is 6.90. The Bertz CT molecular complexity index is 958. The second kappa shape index (κ2) is 10.9. The van der Waals surface area contributed by atoms with Crippen molar-refractivity contribution in [3.05, 3.63) is 83.9 Å². The van der Waals surface area contributed by atoms with Crippen molar-refractivity contribution >= 4 is 17.3 Å². The normalized spacial score (nSPS) is 10.3. The monoisotopic (exact) mass is 404 g/mol. The molecule has 0 aliphatic rings. The summed E-state index contributed by atoms with van der Waals surface area (Å²) in [6, 6.07) is 23.1. The van der Waals surface area contributed by atoms with Gasteiger partial charge in [-0.2, -0.15) is 0 Å². The van der Waals surface area contributed by atoms with E-state index in [0.29, 0.717) is 24.7 Å². The summed E-state index contributed by atoms with van der Waals surface area (Å²) < 4.78 is 11.4. The van der Waals surface area contributed by atoms with Gasteiger partial charge in [0.05, 0.1) is 6.54 Å². The molecule has 0 fully saturated rings. The molecule has 5 nitrogen and oxygen atoms in total. The van der Waals surface area contributed by atoms with E-state index < -0.39 is 0 Å². The van der Waals surface area contributed by atoms with E-state index in [4.69, 9.17) is 9.47 Å². The molecule has 3 aromatic rings. The predicted molar refractivity (Wildman–Crippen MR) is 122 cm³/mol. The fraction of sp³-hybridized carbons (Fsp3) is 0.240. The van der Waals surface area contributed by atoms with Crippen LogP contribution in [0.5, 0.6) is 11.5 Å². The topological polar surface area (TPSA) is 59.6 Å². The molecule has 1 amide bonds. The van der Waals surface area contributed by atoms with Crippen LogP contribution in [-0.2, 0) is 11.2 Å². The molecule has 0 aliphatic heterocycles. The van der Waals surface area contributed by atoms with Crippen molar-refractivity contribution in [2.75, 3.05) is 30.4 Å². The van der Waals surface area contributed by atoms with Gasteiger partial charge in [0.1, 0.15) is 24.7 Å². The number of anilines is 2. The Morgan fingerprint density at radius 3 is 2.33 bits per heavy atom. The van der Waals surface area contributed by atoms with Gasteiger partial charge in [-0.05, 0) is 48.7 Å². The Hall–Kier alpha value is -3.47. The Morgan fingerprint density at radius 2 is 1.57 bits per heavy atom. The molecule has 0 aliphatic carbocycles. The molecule has 3 rings (SSSR count). The van der Waals surface area contributed by atoms with Crippen LogP contribution in [0.4, 0.5) is 11.4 Å². The highest BCUT2D eigenvalue weighted by atomic mass is 16.5. The van der Waals surface area contributed by atoms with Gasteiger partial charge in [0, 0.05) is 17.4 Å². The molecule has 3 aromatic carbocycles. The minimum atomic E-state index is -0.107. The van der Waals surface area contributed by atoms with Gasteiger partial charge in [0.15, 0.2) is 0 Å². The Balaban J connectivity index is 1.47. The molecule has 0 heterocycles. The van der Waals surface area contributed by atoms with Crippen LogP contribution < -0.4 is 20.1 Å². The number of carbonyl (C=O) groups is 1. The molecule has 2 N–H and O–H groups in total. The van der Waals surface area contributed by atoms with Gasteiger partial charge in [-0.25, -0.2) is 0 Å². The lowest BCUT2D eigenvalue weighted by molar-refractivity contribution is -0.114. The van der Waals surface area contributed by atoms with E-state index in [0.717, 1.165) is 23.4 Å². The molecule has 0 spiro atoms. The number of rotatable bonds is 10. The molecule has 0 atom stereocenters. The maximum absolute atomic E-state index is 12.4. The first-order chi connectivity index (χ1) is 14.7. The fourth-order valence-electron chi connectivity index (χ4n) is 3.15. The summed E-state index contributed by atoms with van der Waals surface area (Å²) in [5, 5.41) is 6.18. The quantitative estimate of drug-likeness (QED) is 0.464. The van der Waals surface area contributed by atoms with Crippen LogP contribution in [-0.4, -0.2) is 25.7 Å². The Kier molecular flexibility index (Phi) is 7.72. The van der Waals surface area contributed by atoms with Crippen molar-refractivity contribution in [3.63, 3.8) is 0 Å². The SMILES string of the molecule is CCc1cccc(C)c1NCC(=O)Nc1cccc(OCCOc2ccccc2)c1. The van der Waals surface area contributed by atoms with Crippen LogP contribution in [0.3, 0.4) is 0 Å². The van der Waals surface area contributed by atoms with Crippen molar-refractivity contribution in [2.45, 2.75) is 20.3 Å². The van der Waals surface area contributed by atoms with Crippen LogP contribution in [0.2, 0.25) is 0 Å². The summed E-state index contributed by atoms with van der Waals surface area (Å²) in [5.41, 5.74) is 4.07. The van der Waals surface area contributed by atoms with Crippen molar-refractivity contribution < 1.29 is 14.3 Å². The van der Waals surface area contributed by atoms with Gasteiger partial charge in [0.25, 0.3) is 0 Å². The zero-order valence-corrected chi connectivity index (χ0v) is 17.5. The lowest BCUT2D eigenvalue weighted by Gasteiger charge is -2.14. The molecular formula is C25H28N2O3. The molecule has 0 saturated heterocycles. The van der Waals surface area contributed by atoms with Crippen molar-refractivity contribution in [1.29, 1.82) is 0 Å². The number of nitrogens with one attached hydrogen (secondary N) is 2. The van der Waals surface area contributed by atoms with Crippen LogP contribution >= 0.6 is 0 Å². The van der Waals surface area contributed by atoms with E-state index in [-0.39, 0.29) is 12.5 Å². The van der Waals surface area contributed by atoms with E-state index in [9.17, 15) is 4.79 Å². The number of aryl methyl sites for hydroxylation is 2. The molecule has 0 bridgehead atoms. The lowest BCUT2D eigenvalue weighted by atomic mass is 10.1. The molecule has 0 radical (unpaired) electrons. The van der Waals surface area contributed by atoms with E-state index in [1.165, 1.54) is 5.56 Å². The third-order valence-corrected chi connectivity index (χ3v) is 4.65. The number of hydrogen-bond donors (Lipinski definition) is 2. The number of amides is 1.